The number of ether oxygens (including phenoxy) is 1. The van der Waals surface area contributed by atoms with Crippen LogP contribution in [0.25, 0.3) is 0 Å². The lowest BCUT2D eigenvalue weighted by molar-refractivity contribution is -0.118. The summed E-state index contributed by atoms with van der Waals surface area (Å²) in [5, 5.41) is 5.76. The molecule has 0 aliphatic rings. The van der Waals surface area contributed by atoms with Crippen LogP contribution in [0.15, 0.2) is 66.7 Å². The second-order valence-corrected chi connectivity index (χ2v) is 7.93. The fourth-order valence-electron chi connectivity index (χ4n) is 3.33. The Morgan fingerprint density at radius 1 is 0.875 bits per heavy atom. The fraction of sp³-hybridized carbons (Fsp3) is 0.259. The Bertz CT molecular complexity index is 1060. The number of carbonyl (C=O) groups is 2. The van der Waals surface area contributed by atoms with E-state index in [2.05, 4.69) is 17.6 Å². The molecule has 0 aliphatic heterocycles. The lowest BCUT2D eigenvalue weighted by Crippen LogP contribution is -2.20. The van der Waals surface area contributed by atoms with E-state index in [9.17, 15) is 9.59 Å². The molecule has 3 aromatic rings. The highest BCUT2D eigenvalue weighted by Gasteiger charge is 2.09. The number of hydrogen-bond donors (Lipinski definition) is 2. The third-order valence-corrected chi connectivity index (χ3v) is 5.17. The van der Waals surface area contributed by atoms with Crippen LogP contribution in [0.5, 0.6) is 5.75 Å². The predicted molar refractivity (Wildman–Crippen MR) is 129 cm³/mol. The minimum atomic E-state index is -0.235. The van der Waals surface area contributed by atoms with Crippen LogP contribution in [0.2, 0.25) is 0 Å². The Morgan fingerprint density at radius 2 is 1.59 bits per heavy atom. The second-order valence-electron chi connectivity index (χ2n) is 7.93. The van der Waals surface area contributed by atoms with Gasteiger partial charge in [0, 0.05) is 16.9 Å². The lowest BCUT2D eigenvalue weighted by Gasteiger charge is -2.11. The highest BCUT2D eigenvalue weighted by Crippen LogP contribution is 2.18. The van der Waals surface area contributed by atoms with E-state index in [-0.39, 0.29) is 18.4 Å². The van der Waals surface area contributed by atoms with Crippen LogP contribution >= 0.6 is 0 Å². The van der Waals surface area contributed by atoms with E-state index >= 15 is 0 Å². The molecule has 5 heteroatoms. The molecule has 0 saturated heterocycles. The highest BCUT2D eigenvalue weighted by atomic mass is 16.5. The molecule has 0 aliphatic carbocycles. The van der Waals surface area contributed by atoms with Crippen LogP contribution in [0, 0.1) is 13.8 Å². The molecular formula is C27H30N2O3. The average molecular weight is 431 g/mol. The highest BCUT2D eigenvalue weighted by molar-refractivity contribution is 6.04. The summed E-state index contributed by atoms with van der Waals surface area (Å²) in [6.45, 7) is 6.03. The Labute approximate surface area is 189 Å². The Kier molecular flexibility index (Phi) is 8.03. The van der Waals surface area contributed by atoms with Gasteiger partial charge in [0.05, 0.1) is 0 Å². The first-order chi connectivity index (χ1) is 15.4. The molecule has 2 amide bonds. The minimum absolute atomic E-state index is 0.108. The van der Waals surface area contributed by atoms with Crippen LogP contribution in [-0.4, -0.2) is 18.4 Å². The molecule has 3 aromatic carbocycles. The summed E-state index contributed by atoms with van der Waals surface area (Å²) in [5.41, 5.74) is 5.47. The number of benzene rings is 3. The SMILES string of the molecule is CCCCc1ccc(NC(=O)c2ccc(OCC(=O)Nc3ccc(C)cc3C)cc2)cc1. The number of aryl methyl sites for hydroxylation is 3. The zero-order chi connectivity index (χ0) is 22.9. The maximum absolute atomic E-state index is 12.5. The van der Waals surface area contributed by atoms with Crippen molar-refractivity contribution in [2.24, 2.45) is 0 Å². The minimum Gasteiger partial charge on any atom is -0.484 e. The van der Waals surface area contributed by atoms with Crippen LogP contribution in [0.4, 0.5) is 11.4 Å². The van der Waals surface area contributed by atoms with E-state index in [0.29, 0.717) is 11.3 Å². The van der Waals surface area contributed by atoms with Gasteiger partial charge in [-0.2, -0.15) is 0 Å². The van der Waals surface area contributed by atoms with Crippen molar-refractivity contribution < 1.29 is 14.3 Å². The zero-order valence-corrected chi connectivity index (χ0v) is 18.9. The average Bonchev–Trinajstić information content (AvgIpc) is 2.79. The van der Waals surface area contributed by atoms with E-state index in [0.717, 1.165) is 41.8 Å². The molecule has 0 fully saturated rings. The van der Waals surface area contributed by atoms with E-state index in [1.807, 2.05) is 56.3 Å². The van der Waals surface area contributed by atoms with Gasteiger partial charge in [-0.25, -0.2) is 0 Å². The lowest BCUT2D eigenvalue weighted by atomic mass is 10.1. The molecule has 0 bridgehead atoms. The number of anilines is 2. The van der Waals surface area contributed by atoms with Gasteiger partial charge >= 0.3 is 0 Å². The van der Waals surface area contributed by atoms with E-state index in [4.69, 9.17) is 4.74 Å². The summed E-state index contributed by atoms with van der Waals surface area (Å²) < 4.78 is 5.56. The van der Waals surface area contributed by atoms with Gasteiger partial charge in [-0.05, 0) is 80.3 Å². The monoisotopic (exact) mass is 430 g/mol. The molecule has 0 spiro atoms. The van der Waals surface area contributed by atoms with Crippen molar-refractivity contribution >= 4 is 23.2 Å². The molecule has 0 atom stereocenters. The smallest absolute Gasteiger partial charge is 0.262 e. The number of rotatable bonds is 9. The molecule has 32 heavy (non-hydrogen) atoms. The quantitative estimate of drug-likeness (QED) is 0.443. The van der Waals surface area contributed by atoms with Gasteiger partial charge in [0.25, 0.3) is 11.8 Å². The summed E-state index contributed by atoms with van der Waals surface area (Å²) in [7, 11) is 0. The van der Waals surface area contributed by atoms with Gasteiger partial charge in [-0.1, -0.05) is 43.2 Å². The number of nitrogens with one attached hydrogen (secondary N) is 2. The summed E-state index contributed by atoms with van der Waals surface area (Å²) in [6.07, 6.45) is 3.37. The topological polar surface area (TPSA) is 67.4 Å². The van der Waals surface area contributed by atoms with Gasteiger partial charge in [-0.15, -0.1) is 0 Å². The fourth-order valence-corrected chi connectivity index (χ4v) is 3.33. The van der Waals surface area contributed by atoms with Crippen LogP contribution < -0.4 is 15.4 Å². The van der Waals surface area contributed by atoms with E-state index in [1.165, 1.54) is 5.56 Å². The van der Waals surface area contributed by atoms with Crippen LogP contribution in [0.1, 0.15) is 46.8 Å². The van der Waals surface area contributed by atoms with E-state index < -0.39 is 0 Å². The van der Waals surface area contributed by atoms with Crippen molar-refractivity contribution in [3.63, 3.8) is 0 Å². The second kappa shape index (κ2) is 11.1. The van der Waals surface area contributed by atoms with Crippen LogP contribution in [0.3, 0.4) is 0 Å². The number of unbranched alkanes of at least 4 members (excludes halogenated alkanes) is 1. The molecule has 0 unspecified atom stereocenters. The Balaban J connectivity index is 1.49. The Hall–Kier alpha value is -3.60. The van der Waals surface area contributed by atoms with Crippen molar-refractivity contribution in [2.45, 2.75) is 40.0 Å². The maximum Gasteiger partial charge on any atom is 0.262 e. The first-order valence-corrected chi connectivity index (χ1v) is 10.9. The summed E-state index contributed by atoms with van der Waals surface area (Å²) in [5.74, 6) is 0.101. The Morgan fingerprint density at radius 3 is 2.25 bits per heavy atom. The molecule has 0 radical (unpaired) electrons. The van der Waals surface area contributed by atoms with Crippen LogP contribution in [-0.2, 0) is 11.2 Å². The van der Waals surface area contributed by atoms with E-state index in [1.54, 1.807) is 24.3 Å². The molecule has 0 saturated carbocycles. The summed E-state index contributed by atoms with van der Waals surface area (Å²) >= 11 is 0. The summed E-state index contributed by atoms with van der Waals surface area (Å²) in [6, 6.07) is 20.5. The number of carbonyl (C=O) groups excluding carboxylic acids is 2. The predicted octanol–water partition coefficient (Wildman–Crippen LogP) is 5.92. The molecule has 166 valence electrons. The third-order valence-electron chi connectivity index (χ3n) is 5.17. The van der Waals surface area contributed by atoms with Crippen molar-refractivity contribution in [1.29, 1.82) is 0 Å². The molecule has 0 heterocycles. The van der Waals surface area contributed by atoms with Crippen molar-refractivity contribution in [3.8, 4) is 5.75 Å². The third kappa shape index (κ3) is 6.71. The van der Waals surface area contributed by atoms with Gasteiger partial charge in [0.1, 0.15) is 5.75 Å². The number of amides is 2. The standard InChI is InChI=1S/C27H30N2O3/c1-4-5-6-21-8-12-23(13-9-21)28-27(31)22-10-14-24(15-11-22)32-18-26(30)29-25-16-7-19(2)17-20(25)3/h7-17H,4-6,18H2,1-3H3,(H,28,31)(H,29,30). The normalized spacial score (nSPS) is 10.5. The van der Waals surface area contributed by atoms with Gasteiger partial charge in [-0.3, -0.25) is 9.59 Å². The summed E-state index contributed by atoms with van der Waals surface area (Å²) in [4.78, 5) is 24.7. The van der Waals surface area contributed by atoms with Crippen molar-refractivity contribution in [2.75, 3.05) is 17.2 Å². The van der Waals surface area contributed by atoms with Gasteiger partial charge in [0.2, 0.25) is 0 Å². The molecule has 2 N–H and O–H groups in total. The maximum atomic E-state index is 12.5. The first kappa shape index (κ1) is 23.1. The molecular weight excluding hydrogens is 400 g/mol. The molecule has 5 nitrogen and oxygen atoms in total. The van der Waals surface area contributed by atoms with Gasteiger partial charge in [0.15, 0.2) is 6.61 Å². The largest absolute Gasteiger partial charge is 0.484 e. The van der Waals surface area contributed by atoms with Crippen molar-refractivity contribution in [1.82, 2.24) is 0 Å². The molecule has 3 rings (SSSR count). The van der Waals surface area contributed by atoms with Crippen molar-refractivity contribution in [3.05, 3.63) is 89.0 Å². The zero-order valence-electron chi connectivity index (χ0n) is 18.9. The van der Waals surface area contributed by atoms with Gasteiger partial charge < -0.3 is 15.4 Å². The molecule has 0 aromatic heterocycles. The number of hydrogen-bond acceptors (Lipinski definition) is 3. The first-order valence-electron chi connectivity index (χ1n) is 10.9.